The molecule has 0 spiro atoms. The molecule has 6 rings (SSSR count). The molecule has 0 aliphatic carbocycles. The van der Waals surface area contributed by atoms with Crippen molar-refractivity contribution >= 4 is 57.5 Å². The van der Waals surface area contributed by atoms with Crippen molar-refractivity contribution < 1.29 is 45.0 Å². The zero-order valence-electron chi connectivity index (χ0n) is 37.5. The SMILES string of the molecule is COc1nc2ccccc2cc1C(=O)/C=C/c1cc(C)c(OC(C)(C)C(=O)O)c(C)c1.Cc1cc(/C=C/C(=O)c2cc3ccccc3[nH]c2=O)cc(C)c1OC(C)(C)C(=O)O.[3H]C. The number of aromatic nitrogens is 2. The van der Waals surface area contributed by atoms with Gasteiger partial charge in [0.15, 0.2) is 22.8 Å². The molecular weight excluding hydrogens is 789 g/mol. The van der Waals surface area contributed by atoms with E-state index in [1.807, 2.05) is 82.3 Å². The average Bonchev–Trinajstić information content (AvgIpc) is 3.24. The van der Waals surface area contributed by atoms with Crippen LogP contribution in [0.4, 0.5) is 0 Å². The Kier molecular flexibility index (Phi) is 14.3. The number of hydrogen-bond donors (Lipinski definition) is 3. The third-order valence-corrected chi connectivity index (χ3v) is 9.73. The fourth-order valence-corrected chi connectivity index (χ4v) is 6.36. The van der Waals surface area contributed by atoms with Crippen LogP contribution in [0.5, 0.6) is 17.4 Å². The smallest absolute Gasteiger partial charge is 0.347 e. The summed E-state index contributed by atoms with van der Waals surface area (Å²) in [6.07, 6.45) is 6.17. The molecule has 62 heavy (non-hydrogen) atoms. The van der Waals surface area contributed by atoms with E-state index >= 15 is 0 Å². The predicted molar refractivity (Wildman–Crippen MR) is 243 cm³/mol. The fraction of sp³-hybridized carbons (Fsp3) is 0.240. The van der Waals surface area contributed by atoms with Crippen LogP contribution in [-0.2, 0) is 9.59 Å². The minimum absolute atomic E-state index is 0.0709. The highest BCUT2D eigenvalue weighted by Gasteiger charge is 2.31. The number of allylic oxidation sites excluding steroid dienone is 2. The van der Waals surface area contributed by atoms with Crippen LogP contribution in [0, 0.1) is 27.7 Å². The lowest BCUT2D eigenvalue weighted by Gasteiger charge is -2.24. The van der Waals surface area contributed by atoms with Gasteiger partial charge in [-0.1, -0.05) is 56.0 Å². The number of aliphatic carboxylic acids is 2. The molecule has 0 unspecified atom stereocenters. The molecule has 3 N–H and O–H groups in total. The molecule has 0 amide bonds. The van der Waals surface area contributed by atoms with Crippen molar-refractivity contribution in [1.82, 2.24) is 9.97 Å². The molecular formula is C50H52N2O10. The van der Waals surface area contributed by atoms with Gasteiger partial charge in [0.05, 0.1) is 23.8 Å². The van der Waals surface area contributed by atoms with E-state index in [1.165, 1.54) is 54.4 Å². The van der Waals surface area contributed by atoms with Crippen LogP contribution in [0.15, 0.2) is 102 Å². The van der Waals surface area contributed by atoms with E-state index in [0.29, 0.717) is 22.6 Å². The van der Waals surface area contributed by atoms with Gasteiger partial charge in [-0.25, -0.2) is 14.6 Å². The van der Waals surface area contributed by atoms with Crippen molar-refractivity contribution in [1.29, 1.82) is 0 Å². The lowest BCUT2D eigenvalue weighted by atomic mass is 10.0. The molecule has 322 valence electrons. The average molecular weight is 843 g/mol. The van der Waals surface area contributed by atoms with Crippen molar-refractivity contribution in [3.8, 4) is 17.4 Å². The number of carboxylic acids is 2. The van der Waals surface area contributed by atoms with Crippen LogP contribution in [0.1, 0.15) is 90.6 Å². The van der Waals surface area contributed by atoms with Gasteiger partial charge in [0.1, 0.15) is 11.5 Å². The van der Waals surface area contributed by atoms with E-state index in [1.54, 1.807) is 42.5 Å². The number of para-hydroxylation sites is 2. The van der Waals surface area contributed by atoms with Crippen LogP contribution < -0.4 is 19.8 Å². The highest BCUT2D eigenvalue weighted by Crippen LogP contribution is 2.31. The zero-order chi connectivity index (χ0) is 46.8. The number of nitrogens with one attached hydrogen (secondary N) is 1. The maximum atomic E-state index is 12.8. The number of hydrogen-bond acceptors (Lipinski definition) is 9. The molecule has 0 saturated carbocycles. The molecule has 0 aliphatic rings. The predicted octanol–water partition coefficient (Wildman–Crippen LogP) is 9.92. The number of carbonyl (C=O) groups excluding carboxylic acids is 2. The Morgan fingerprint density at radius 2 is 1.08 bits per heavy atom. The molecule has 12 heteroatoms. The number of aromatic amines is 1. The van der Waals surface area contributed by atoms with Gasteiger partial charge in [0.2, 0.25) is 5.88 Å². The van der Waals surface area contributed by atoms with Crippen molar-refractivity contribution in [2.45, 2.75) is 74.0 Å². The molecule has 0 bridgehead atoms. The van der Waals surface area contributed by atoms with Crippen LogP contribution in [0.25, 0.3) is 34.0 Å². The van der Waals surface area contributed by atoms with Crippen LogP contribution in [-0.4, -0.2) is 62.0 Å². The summed E-state index contributed by atoms with van der Waals surface area (Å²) in [7, 11) is 2.74. The van der Waals surface area contributed by atoms with Gasteiger partial charge in [0, 0.05) is 12.3 Å². The van der Waals surface area contributed by atoms with Gasteiger partial charge in [-0.05, 0) is 155 Å². The maximum absolute atomic E-state index is 12.8. The second kappa shape index (κ2) is 19.4. The molecule has 2 aromatic heterocycles. The molecule has 0 fully saturated rings. The standard InChI is InChI=1S/C25H25NO5.C24H23NO5.CH4/c1-15-12-17(13-16(2)22(15)31-25(3,4)24(28)29)10-11-21(27)19-14-18-8-6-7-9-20(18)26-23(19)30-5;1-14-11-16(12-15(2)21(14)30-24(3,4)23(28)29)9-10-20(26)18-13-17-7-5-6-8-19(17)25-22(18)27;/h6-14H,1-5H3,(H,28,29);5-13H,1-4H3,(H,25,27)(H,28,29);1H4/b11-10+;10-9+;/i;;1T. The van der Waals surface area contributed by atoms with Crippen LogP contribution >= 0.6 is 0 Å². The fourth-order valence-electron chi connectivity index (χ4n) is 6.36. The molecule has 6 aromatic rings. The summed E-state index contributed by atoms with van der Waals surface area (Å²) in [4.78, 5) is 67.5. The lowest BCUT2D eigenvalue weighted by Crippen LogP contribution is -2.38. The summed E-state index contributed by atoms with van der Waals surface area (Å²) in [6, 6.07) is 25.4. The monoisotopic (exact) mass is 842 g/mol. The Labute approximate surface area is 361 Å². The lowest BCUT2D eigenvalue weighted by molar-refractivity contribution is -0.152. The number of ketones is 2. The molecule has 0 radical (unpaired) electrons. The Hall–Kier alpha value is -7.34. The van der Waals surface area contributed by atoms with Crippen LogP contribution in [0.3, 0.4) is 0 Å². The third-order valence-electron chi connectivity index (χ3n) is 9.73. The second-order valence-corrected chi connectivity index (χ2v) is 15.5. The van der Waals surface area contributed by atoms with Gasteiger partial charge in [-0.3, -0.25) is 14.4 Å². The van der Waals surface area contributed by atoms with Gasteiger partial charge in [-0.2, -0.15) is 0 Å². The maximum Gasteiger partial charge on any atom is 0.347 e. The molecule has 4 aromatic carbocycles. The van der Waals surface area contributed by atoms with Gasteiger partial charge < -0.3 is 29.4 Å². The zero-order valence-corrected chi connectivity index (χ0v) is 36.5. The highest BCUT2D eigenvalue weighted by atomic mass is 16.5. The Bertz CT molecular complexity index is 2770. The second-order valence-electron chi connectivity index (χ2n) is 15.5. The van der Waals surface area contributed by atoms with Crippen molar-refractivity contribution in [3.63, 3.8) is 0 Å². The number of ether oxygens (including phenoxy) is 3. The Morgan fingerprint density at radius 1 is 0.661 bits per heavy atom. The quantitative estimate of drug-likeness (QED) is 0.0743. The number of fused-ring (bicyclic) bond motifs is 2. The topological polar surface area (TPSA) is 182 Å². The van der Waals surface area contributed by atoms with Gasteiger partial charge in [-0.15, -0.1) is 0 Å². The van der Waals surface area contributed by atoms with Crippen LogP contribution in [0.2, 0.25) is 0 Å². The van der Waals surface area contributed by atoms with E-state index < -0.39 is 34.5 Å². The van der Waals surface area contributed by atoms with Gasteiger partial charge >= 0.3 is 11.9 Å². The summed E-state index contributed by atoms with van der Waals surface area (Å²) in [6.45, 7) is 13.3. The first-order valence-corrected chi connectivity index (χ1v) is 19.3. The normalized spacial score (nSPS) is 11.6. The first kappa shape index (κ1) is 45.7. The van der Waals surface area contributed by atoms with E-state index in [0.717, 1.165) is 49.7 Å². The summed E-state index contributed by atoms with van der Waals surface area (Å²) in [5.41, 5.74) is 3.36. The minimum atomic E-state index is -1.36. The largest absolute Gasteiger partial charge is 0.480 e. The highest BCUT2D eigenvalue weighted by molar-refractivity contribution is 6.10. The molecule has 0 saturated heterocycles. The van der Waals surface area contributed by atoms with E-state index in [2.05, 4.69) is 9.97 Å². The number of carbonyl (C=O) groups is 4. The number of aryl methyl sites for hydroxylation is 4. The minimum Gasteiger partial charge on any atom is -0.480 e. The summed E-state index contributed by atoms with van der Waals surface area (Å²) in [5.74, 6) is -1.42. The summed E-state index contributed by atoms with van der Waals surface area (Å²) >= 11 is 0. The molecule has 2 heterocycles. The molecule has 12 nitrogen and oxygen atoms in total. The summed E-state index contributed by atoms with van der Waals surface area (Å²) < 4.78 is 22.5. The van der Waals surface area contributed by atoms with E-state index in [4.69, 9.17) is 15.6 Å². The molecule has 0 aliphatic heterocycles. The summed E-state index contributed by atoms with van der Waals surface area (Å²) in [5, 5.41) is 20.2. The van der Waals surface area contributed by atoms with Crippen molar-refractivity contribution in [2.75, 3.05) is 7.11 Å². The Balaban J connectivity index is 0.000000266. The number of rotatable bonds is 13. The molecule has 0 atom stereocenters. The third kappa shape index (κ3) is 11.1. The number of carboxylic acid groups (broad SMARTS) is 2. The number of benzene rings is 4. The Morgan fingerprint density at radius 3 is 1.55 bits per heavy atom. The first-order valence-electron chi connectivity index (χ1n) is 20.3. The van der Waals surface area contributed by atoms with E-state index in [-0.39, 0.29) is 17.2 Å². The van der Waals surface area contributed by atoms with E-state index in [9.17, 15) is 34.2 Å². The van der Waals surface area contributed by atoms with Crippen molar-refractivity contribution in [3.05, 3.63) is 152 Å². The number of pyridine rings is 2. The van der Waals surface area contributed by atoms with Crippen molar-refractivity contribution in [2.24, 2.45) is 0 Å². The number of H-pyrrole nitrogens is 1. The van der Waals surface area contributed by atoms with Gasteiger partial charge in [0.25, 0.3) is 5.56 Å². The number of methoxy groups -OCH3 is 1. The number of nitrogens with zero attached hydrogens (tertiary/aromatic N) is 1. The first-order chi connectivity index (χ1) is 29.7.